The first kappa shape index (κ1) is 14.3. The highest BCUT2D eigenvalue weighted by Gasteiger charge is 1.98. The van der Waals surface area contributed by atoms with E-state index in [-0.39, 0.29) is 12.6 Å². The molecule has 1 aromatic carbocycles. The molecule has 5 nitrogen and oxygen atoms in total. The molecule has 0 atom stereocenters. The molecule has 18 heavy (non-hydrogen) atoms. The largest absolute Gasteiger partial charge is 0.492 e. The molecule has 5 heteroatoms. The Balaban J connectivity index is 2.09. The van der Waals surface area contributed by atoms with E-state index in [0.717, 1.165) is 11.3 Å². The summed E-state index contributed by atoms with van der Waals surface area (Å²) in [6.45, 7) is 3.42. The zero-order valence-electron chi connectivity index (χ0n) is 10.6. The van der Waals surface area contributed by atoms with Crippen LogP contribution in [0.2, 0.25) is 0 Å². The maximum atomic E-state index is 11.2. The van der Waals surface area contributed by atoms with Crippen LogP contribution in [0.15, 0.2) is 24.3 Å². The zero-order valence-corrected chi connectivity index (χ0v) is 10.6. The number of benzene rings is 1. The summed E-state index contributed by atoms with van der Waals surface area (Å²) in [5, 5.41) is 13.8. The van der Waals surface area contributed by atoms with Gasteiger partial charge in [0.1, 0.15) is 12.4 Å². The number of amides is 2. The van der Waals surface area contributed by atoms with E-state index in [2.05, 4.69) is 10.6 Å². The van der Waals surface area contributed by atoms with Gasteiger partial charge in [-0.05, 0) is 31.0 Å². The van der Waals surface area contributed by atoms with Crippen molar-refractivity contribution in [2.45, 2.75) is 13.3 Å². The third-order valence-corrected chi connectivity index (χ3v) is 2.27. The van der Waals surface area contributed by atoms with Crippen molar-refractivity contribution < 1.29 is 14.6 Å². The van der Waals surface area contributed by atoms with Crippen LogP contribution in [0.5, 0.6) is 5.75 Å². The average molecular weight is 252 g/mol. The SMILES string of the molecule is Cc1cccc(OCCNC(=O)NCCCO)c1. The van der Waals surface area contributed by atoms with E-state index in [4.69, 9.17) is 9.84 Å². The van der Waals surface area contributed by atoms with Crippen molar-refractivity contribution in [2.75, 3.05) is 26.3 Å². The highest BCUT2D eigenvalue weighted by atomic mass is 16.5. The van der Waals surface area contributed by atoms with E-state index in [1.54, 1.807) is 0 Å². The van der Waals surface area contributed by atoms with Crippen molar-refractivity contribution in [2.24, 2.45) is 0 Å². The van der Waals surface area contributed by atoms with Gasteiger partial charge in [-0.3, -0.25) is 0 Å². The molecule has 0 aromatic heterocycles. The number of hydrogen-bond donors (Lipinski definition) is 3. The molecule has 1 aromatic rings. The number of nitrogens with one attached hydrogen (secondary N) is 2. The summed E-state index contributed by atoms with van der Waals surface area (Å²) in [7, 11) is 0. The number of aryl methyl sites for hydroxylation is 1. The Morgan fingerprint density at radius 3 is 2.83 bits per heavy atom. The minimum atomic E-state index is -0.240. The van der Waals surface area contributed by atoms with Crippen LogP contribution >= 0.6 is 0 Å². The van der Waals surface area contributed by atoms with Crippen molar-refractivity contribution >= 4 is 6.03 Å². The van der Waals surface area contributed by atoms with Crippen LogP contribution in [0.1, 0.15) is 12.0 Å². The number of carbonyl (C=O) groups excluding carboxylic acids is 1. The third-order valence-electron chi connectivity index (χ3n) is 2.27. The standard InChI is InChI=1S/C13H20N2O3/c1-11-4-2-5-12(10-11)18-9-7-15-13(17)14-6-3-8-16/h2,4-5,10,16H,3,6-9H2,1H3,(H2,14,15,17). The molecular formula is C13H20N2O3. The number of aliphatic hydroxyl groups is 1. The minimum absolute atomic E-state index is 0.0801. The second kappa shape index (κ2) is 8.36. The minimum Gasteiger partial charge on any atom is -0.492 e. The number of carbonyl (C=O) groups is 1. The molecule has 0 fully saturated rings. The van der Waals surface area contributed by atoms with Gasteiger partial charge in [-0.25, -0.2) is 4.79 Å². The van der Waals surface area contributed by atoms with Gasteiger partial charge in [0.2, 0.25) is 0 Å². The molecule has 0 saturated heterocycles. The Hall–Kier alpha value is -1.75. The lowest BCUT2D eigenvalue weighted by Gasteiger charge is -2.09. The smallest absolute Gasteiger partial charge is 0.314 e. The summed E-state index contributed by atoms with van der Waals surface area (Å²) in [6.07, 6.45) is 0.563. The molecule has 3 N–H and O–H groups in total. The van der Waals surface area contributed by atoms with Crippen molar-refractivity contribution in [3.63, 3.8) is 0 Å². The molecule has 0 spiro atoms. The topological polar surface area (TPSA) is 70.6 Å². The fourth-order valence-electron chi connectivity index (χ4n) is 1.38. The molecule has 0 heterocycles. The molecule has 0 aliphatic heterocycles. The second-order valence-electron chi connectivity index (χ2n) is 3.92. The number of aliphatic hydroxyl groups excluding tert-OH is 1. The molecule has 0 radical (unpaired) electrons. The van der Waals surface area contributed by atoms with E-state index in [9.17, 15) is 4.79 Å². The van der Waals surface area contributed by atoms with Crippen molar-refractivity contribution in [3.8, 4) is 5.75 Å². The third kappa shape index (κ3) is 6.10. The van der Waals surface area contributed by atoms with Gasteiger partial charge in [0.05, 0.1) is 6.54 Å². The molecule has 0 saturated carbocycles. The summed E-state index contributed by atoms with van der Waals surface area (Å²) >= 11 is 0. The van der Waals surface area contributed by atoms with E-state index < -0.39 is 0 Å². The predicted octanol–water partition coefficient (Wildman–Crippen LogP) is 1.06. The summed E-state index contributed by atoms with van der Waals surface area (Å²) in [5.41, 5.74) is 1.14. The van der Waals surface area contributed by atoms with Gasteiger partial charge < -0.3 is 20.5 Å². The number of hydrogen-bond acceptors (Lipinski definition) is 3. The maximum absolute atomic E-state index is 11.2. The second-order valence-corrected chi connectivity index (χ2v) is 3.92. The van der Waals surface area contributed by atoms with Gasteiger partial charge in [-0.1, -0.05) is 12.1 Å². The number of urea groups is 1. The van der Waals surface area contributed by atoms with E-state index >= 15 is 0 Å². The van der Waals surface area contributed by atoms with Gasteiger partial charge in [-0.15, -0.1) is 0 Å². The van der Waals surface area contributed by atoms with Crippen molar-refractivity contribution in [1.82, 2.24) is 10.6 Å². The quantitative estimate of drug-likeness (QED) is 0.635. The van der Waals surface area contributed by atoms with Gasteiger partial charge in [0.25, 0.3) is 0 Å². The van der Waals surface area contributed by atoms with Crippen LogP contribution in [-0.2, 0) is 0 Å². The van der Waals surface area contributed by atoms with Gasteiger partial charge in [0, 0.05) is 13.2 Å². The molecule has 2 amide bonds. The van der Waals surface area contributed by atoms with Gasteiger partial charge in [0.15, 0.2) is 0 Å². The molecule has 0 unspecified atom stereocenters. The van der Waals surface area contributed by atoms with Crippen LogP contribution in [0.25, 0.3) is 0 Å². The fourth-order valence-corrected chi connectivity index (χ4v) is 1.38. The molecular weight excluding hydrogens is 232 g/mol. The summed E-state index contributed by atoms with van der Waals surface area (Å²) in [4.78, 5) is 11.2. The van der Waals surface area contributed by atoms with Gasteiger partial charge in [-0.2, -0.15) is 0 Å². The lowest BCUT2D eigenvalue weighted by atomic mass is 10.2. The fraction of sp³-hybridized carbons (Fsp3) is 0.462. The first-order chi connectivity index (χ1) is 8.72. The number of ether oxygens (including phenoxy) is 1. The average Bonchev–Trinajstić information content (AvgIpc) is 2.35. The highest BCUT2D eigenvalue weighted by molar-refractivity contribution is 5.73. The first-order valence-electron chi connectivity index (χ1n) is 6.04. The van der Waals surface area contributed by atoms with Crippen molar-refractivity contribution in [3.05, 3.63) is 29.8 Å². The van der Waals surface area contributed by atoms with E-state index in [0.29, 0.717) is 26.1 Å². The normalized spacial score (nSPS) is 9.89. The molecule has 0 aliphatic carbocycles. The lowest BCUT2D eigenvalue weighted by Crippen LogP contribution is -2.38. The Morgan fingerprint density at radius 1 is 1.33 bits per heavy atom. The molecule has 1 rings (SSSR count). The lowest BCUT2D eigenvalue weighted by molar-refractivity contribution is 0.234. The monoisotopic (exact) mass is 252 g/mol. The highest BCUT2D eigenvalue weighted by Crippen LogP contribution is 2.11. The van der Waals surface area contributed by atoms with Gasteiger partial charge >= 0.3 is 6.03 Å². The first-order valence-corrected chi connectivity index (χ1v) is 6.04. The summed E-state index contributed by atoms with van der Waals surface area (Å²) in [6, 6.07) is 7.52. The van der Waals surface area contributed by atoms with Crippen LogP contribution in [-0.4, -0.2) is 37.4 Å². The van der Waals surface area contributed by atoms with Crippen molar-refractivity contribution in [1.29, 1.82) is 0 Å². The molecule has 0 aliphatic rings. The summed E-state index contributed by atoms with van der Waals surface area (Å²) in [5.74, 6) is 0.803. The zero-order chi connectivity index (χ0) is 13.2. The van der Waals surface area contributed by atoms with E-state index in [1.165, 1.54) is 0 Å². The Morgan fingerprint density at radius 2 is 2.11 bits per heavy atom. The van der Waals surface area contributed by atoms with Crippen LogP contribution in [0.3, 0.4) is 0 Å². The van der Waals surface area contributed by atoms with Crippen LogP contribution < -0.4 is 15.4 Å². The Labute approximate surface area is 107 Å². The number of rotatable bonds is 7. The Bertz CT molecular complexity index is 369. The van der Waals surface area contributed by atoms with Crippen LogP contribution in [0.4, 0.5) is 4.79 Å². The van der Waals surface area contributed by atoms with Crippen LogP contribution in [0, 0.1) is 6.92 Å². The Kier molecular flexibility index (Phi) is 6.64. The molecule has 100 valence electrons. The maximum Gasteiger partial charge on any atom is 0.314 e. The predicted molar refractivity (Wildman–Crippen MR) is 69.8 cm³/mol. The molecule has 0 bridgehead atoms. The van der Waals surface area contributed by atoms with E-state index in [1.807, 2.05) is 31.2 Å². The summed E-state index contributed by atoms with van der Waals surface area (Å²) < 4.78 is 5.48.